The van der Waals surface area contributed by atoms with Crippen molar-refractivity contribution in [3.05, 3.63) is 0 Å². The Labute approximate surface area is 80.1 Å². The lowest BCUT2D eigenvalue weighted by atomic mass is 9.89. The van der Waals surface area contributed by atoms with E-state index in [1.165, 1.54) is 25.7 Å². The summed E-state index contributed by atoms with van der Waals surface area (Å²) in [4.78, 5) is 11.1. The van der Waals surface area contributed by atoms with E-state index in [0.29, 0.717) is 6.42 Å². The third kappa shape index (κ3) is 1.87. The molecule has 0 saturated heterocycles. The van der Waals surface area contributed by atoms with Gasteiger partial charge in [-0.05, 0) is 37.0 Å². The molecule has 2 saturated carbocycles. The van der Waals surface area contributed by atoms with E-state index < -0.39 is 0 Å². The molecule has 0 aromatic carbocycles. The Morgan fingerprint density at radius 1 is 1.38 bits per heavy atom. The lowest BCUT2D eigenvalue weighted by molar-refractivity contribution is -0.121. The zero-order valence-corrected chi connectivity index (χ0v) is 8.38. The van der Waals surface area contributed by atoms with Crippen LogP contribution in [0, 0.1) is 17.8 Å². The molecule has 1 amide bonds. The molecule has 0 aromatic rings. The minimum atomic E-state index is 0.211. The van der Waals surface area contributed by atoms with E-state index in [1.54, 1.807) is 0 Å². The van der Waals surface area contributed by atoms with E-state index in [4.69, 9.17) is 0 Å². The van der Waals surface area contributed by atoms with Crippen LogP contribution < -0.4 is 5.32 Å². The molecule has 2 aliphatic carbocycles. The molecule has 2 rings (SSSR count). The van der Waals surface area contributed by atoms with Crippen molar-refractivity contribution in [2.75, 3.05) is 6.54 Å². The Bertz CT molecular complexity index is 202. The van der Waals surface area contributed by atoms with E-state index in [2.05, 4.69) is 5.32 Å². The second-order valence-electron chi connectivity index (χ2n) is 4.59. The number of nitrogens with one attached hydrogen (secondary N) is 1. The second kappa shape index (κ2) is 3.69. The van der Waals surface area contributed by atoms with Gasteiger partial charge >= 0.3 is 0 Å². The highest BCUT2D eigenvalue weighted by Crippen LogP contribution is 2.47. The van der Waals surface area contributed by atoms with Crippen molar-refractivity contribution in [2.24, 2.45) is 17.8 Å². The quantitative estimate of drug-likeness (QED) is 0.708. The summed E-state index contributed by atoms with van der Waals surface area (Å²) < 4.78 is 0. The molecule has 74 valence electrons. The van der Waals surface area contributed by atoms with Crippen molar-refractivity contribution in [3.8, 4) is 0 Å². The summed E-state index contributed by atoms with van der Waals surface area (Å²) in [5.74, 6) is 2.94. The average Bonchev–Trinajstić information content (AvgIpc) is 2.74. The number of fused-ring (bicyclic) bond motifs is 2. The largest absolute Gasteiger partial charge is 0.356 e. The highest BCUT2D eigenvalue weighted by molar-refractivity contribution is 5.75. The molecule has 0 aromatic heterocycles. The van der Waals surface area contributed by atoms with Gasteiger partial charge in [0.2, 0.25) is 5.91 Å². The SMILES string of the molecule is CCC(=O)NCC1CC2CCC1C2. The lowest BCUT2D eigenvalue weighted by Crippen LogP contribution is -2.30. The van der Waals surface area contributed by atoms with Gasteiger partial charge in [0.1, 0.15) is 0 Å². The third-order valence-electron chi connectivity index (χ3n) is 3.77. The van der Waals surface area contributed by atoms with Crippen LogP contribution in [0.5, 0.6) is 0 Å². The molecule has 0 radical (unpaired) electrons. The molecule has 2 heteroatoms. The first kappa shape index (κ1) is 9.04. The maximum atomic E-state index is 11.1. The number of carbonyl (C=O) groups excluding carboxylic acids is 1. The lowest BCUT2D eigenvalue weighted by Gasteiger charge is -2.21. The Balaban J connectivity index is 1.74. The molecule has 2 nitrogen and oxygen atoms in total. The Hall–Kier alpha value is -0.530. The normalized spacial score (nSPS) is 36.5. The van der Waals surface area contributed by atoms with Gasteiger partial charge in [0.25, 0.3) is 0 Å². The molecule has 2 fully saturated rings. The fourth-order valence-electron chi connectivity index (χ4n) is 3.00. The van der Waals surface area contributed by atoms with Crippen LogP contribution in [0.4, 0.5) is 0 Å². The molecular weight excluding hydrogens is 162 g/mol. The predicted molar refractivity (Wildman–Crippen MR) is 52.2 cm³/mol. The van der Waals surface area contributed by atoms with Crippen molar-refractivity contribution in [1.29, 1.82) is 0 Å². The average molecular weight is 181 g/mol. The van der Waals surface area contributed by atoms with Gasteiger partial charge in [-0.3, -0.25) is 4.79 Å². The fraction of sp³-hybridized carbons (Fsp3) is 0.909. The predicted octanol–water partition coefficient (Wildman–Crippen LogP) is 1.95. The van der Waals surface area contributed by atoms with Crippen molar-refractivity contribution in [3.63, 3.8) is 0 Å². The van der Waals surface area contributed by atoms with E-state index in [0.717, 1.165) is 24.3 Å². The van der Waals surface area contributed by atoms with Crippen molar-refractivity contribution in [1.82, 2.24) is 5.32 Å². The Morgan fingerprint density at radius 3 is 2.77 bits per heavy atom. The summed E-state index contributed by atoms with van der Waals surface area (Å²) in [6, 6.07) is 0. The highest BCUT2D eigenvalue weighted by Gasteiger charge is 2.39. The monoisotopic (exact) mass is 181 g/mol. The first-order chi connectivity index (χ1) is 6.29. The van der Waals surface area contributed by atoms with Crippen LogP contribution in [0.25, 0.3) is 0 Å². The smallest absolute Gasteiger partial charge is 0.219 e. The minimum Gasteiger partial charge on any atom is -0.356 e. The van der Waals surface area contributed by atoms with Crippen molar-refractivity contribution < 1.29 is 4.79 Å². The van der Waals surface area contributed by atoms with Gasteiger partial charge in [0.05, 0.1) is 0 Å². The summed E-state index contributed by atoms with van der Waals surface area (Å²) >= 11 is 0. The Morgan fingerprint density at radius 2 is 2.23 bits per heavy atom. The van der Waals surface area contributed by atoms with Crippen molar-refractivity contribution >= 4 is 5.91 Å². The van der Waals surface area contributed by atoms with Gasteiger partial charge in [-0.25, -0.2) is 0 Å². The first-order valence-corrected chi connectivity index (χ1v) is 5.56. The van der Waals surface area contributed by atoms with Gasteiger partial charge in [-0.15, -0.1) is 0 Å². The molecule has 0 spiro atoms. The van der Waals surface area contributed by atoms with Crippen molar-refractivity contribution in [2.45, 2.75) is 39.0 Å². The van der Waals surface area contributed by atoms with Crippen LogP contribution in [-0.2, 0) is 4.79 Å². The van der Waals surface area contributed by atoms with Crippen LogP contribution in [0.3, 0.4) is 0 Å². The van der Waals surface area contributed by atoms with E-state index >= 15 is 0 Å². The number of amides is 1. The van der Waals surface area contributed by atoms with Crippen LogP contribution in [-0.4, -0.2) is 12.5 Å². The topological polar surface area (TPSA) is 29.1 Å². The number of rotatable bonds is 3. The maximum Gasteiger partial charge on any atom is 0.219 e. The maximum absolute atomic E-state index is 11.1. The fourth-order valence-corrected chi connectivity index (χ4v) is 3.00. The van der Waals surface area contributed by atoms with E-state index in [9.17, 15) is 4.79 Å². The molecule has 13 heavy (non-hydrogen) atoms. The number of hydrogen-bond acceptors (Lipinski definition) is 1. The van der Waals surface area contributed by atoms with E-state index in [-0.39, 0.29) is 5.91 Å². The highest BCUT2D eigenvalue weighted by atomic mass is 16.1. The number of hydrogen-bond donors (Lipinski definition) is 1. The minimum absolute atomic E-state index is 0.211. The molecule has 0 heterocycles. The standard InChI is InChI=1S/C11H19NO/c1-2-11(13)12-7-10-6-8-3-4-9(10)5-8/h8-10H,2-7H2,1H3,(H,12,13). The first-order valence-electron chi connectivity index (χ1n) is 5.56. The van der Waals surface area contributed by atoms with Crippen LogP contribution >= 0.6 is 0 Å². The van der Waals surface area contributed by atoms with Gasteiger partial charge in [0.15, 0.2) is 0 Å². The van der Waals surface area contributed by atoms with Crippen LogP contribution in [0.2, 0.25) is 0 Å². The molecule has 2 bridgehead atoms. The summed E-state index contributed by atoms with van der Waals surface area (Å²) in [5.41, 5.74) is 0. The number of carbonyl (C=O) groups is 1. The molecule has 1 N–H and O–H groups in total. The molecule has 0 aliphatic heterocycles. The van der Waals surface area contributed by atoms with Gasteiger partial charge in [0, 0.05) is 13.0 Å². The second-order valence-corrected chi connectivity index (χ2v) is 4.59. The zero-order chi connectivity index (χ0) is 9.26. The zero-order valence-electron chi connectivity index (χ0n) is 8.38. The van der Waals surface area contributed by atoms with E-state index in [1.807, 2.05) is 6.92 Å². The third-order valence-corrected chi connectivity index (χ3v) is 3.77. The van der Waals surface area contributed by atoms with Gasteiger partial charge in [-0.1, -0.05) is 13.3 Å². The van der Waals surface area contributed by atoms with Crippen LogP contribution in [0.1, 0.15) is 39.0 Å². The molecule has 3 atom stereocenters. The van der Waals surface area contributed by atoms with Gasteiger partial charge in [-0.2, -0.15) is 0 Å². The summed E-state index contributed by atoms with van der Waals surface area (Å²) in [6.07, 6.45) is 6.29. The molecule has 2 aliphatic rings. The summed E-state index contributed by atoms with van der Waals surface area (Å²) in [5, 5.41) is 3.02. The van der Waals surface area contributed by atoms with Crippen LogP contribution in [0.15, 0.2) is 0 Å². The Kier molecular flexibility index (Phi) is 2.56. The summed E-state index contributed by atoms with van der Waals surface area (Å²) in [6.45, 7) is 2.85. The summed E-state index contributed by atoms with van der Waals surface area (Å²) in [7, 11) is 0. The molecular formula is C11H19NO. The van der Waals surface area contributed by atoms with Gasteiger partial charge < -0.3 is 5.32 Å². The molecule has 3 unspecified atom stereocenters.